The van der Waals surface area contributed by atoms with Crippen molar-refractivity contribution in [3.63, 3.8) is 0 Å². The first-order valence-corrected chi connectivity index (χ1v) is 15.6. The molecule has 3 unspecified atom stereocenters. The van der Waals surface area contributed by atoms with Crippen LogP contribution in [0.2, 0.25) is 0 Å². The standard InChI is InChI=1S/C40H38O7/c1-21(2)5-12-28-32(42)14-13-29(39(28)45)40(46)37-30(24-8-6-22(3)7-9-24)15-23(4)16-31(37)38-33(43)17-26(18-34(38)44)35-19-25-10-11-27(41)20-36(25)47-35/h5-11,13-14,16-20,30-31,37,41-45H,12,15H2,1-4H3. The molecule has 47 heavy (non-hydrogen) atoms. The van der Waals surface area contributed by atoms with Crippen molar-refractivity contribution in [2.24, 2.45) is 5.92 Å². The Labute approximate surface area is 273 Å². The molecule has 0 bridgehead atoms. The number of aryl methyl sites for hydroxylation is 1. The van der Waals surface area contributed by atoms with Crippen LogP contribution in [0.25, 0.3) is 22.3 Å². The van der Waals surface area contributed by atoms with E-state index in [1.54, 1.807) is 18.2 Å². The molecule has 6 rings (SSSR count). The highest BCUT2D eigenvalue weighted by Gasteiger charge is 2.42. The van der Waals surface area contributed by atoms with Gasteiger partial charge in [-0.05, 0) is 94.5 Å². The molecular formula is C40H38O7. The summed E-state index contributed by atoms with van der Waals surface area (Å²) in [4.78, 5) is 14.7. The van der Waals surface area contributed by atoms with Crippen LogP contribution < -0.4 is 0 Å². The lowest BCUT2D eigenvalue weighted by Crippen LogP contribution is -2.31. The van der Waals surface area contributed by atoms with Crippen molar-refractivity contribution in [3.8, 4) is 40.1 Å². The van der Waals surface area contributed by atoms with Crippen molar-refractivity contribution >= 4 is 16.8 Å². The van der Waals surface area contributed by atoms with Crippen molar-refractivity contribution in [2.75, 3.05) is 0 Å². The number of aromatic hydroxyl groups is 5. The molecule has 1 aliphatic rings. The number of phenolic OH excluding ortho intramolecular Hbond substituents is 5. The third-order valence-corrected chi connectivity index (χ3v) is 9.13. The first-order valence-electron chi connectivity index (χ1n) is 15.6. The Balaban J connectivity index is 1.49. The molecule has 3 atom stereocenters. The number of allylic oxidation sites excluding steroid dienone is 4. The molecule has 4 aromatic carbocycles. The molecule has 0 aliphatic heterocycles. The number of benzene rings is 4. The highest BCUT2D eigenvalue weighted by Crippen LogP contribution is 2.52. The summed E-state index contributed by atoms with van der Waals surface area (Å²) in [5, 5.41) is 55.7. The van der Waals surface area contributed by atoms with E-state index >= 15 is 0 Å². The molecule has 7 nitrogen and oxygen atoms in total. The van der Waals surface area contributed by atoms with Gasteiger partial charge in [0.1, 0.15) is 40.1 Å². The molecular weight excluding hydrogens is 592 g/mol. The van der Waals surface area contributed by atoms with Gasteiger partial charge in [0.2, 0.25) is 0 Å². The number of rotatable bonds is 7. The highest BCUT2D eigenvalue weighted by atomic mass is 16.3. The van der Waals surface area contributed by atoms with Crippen LogP contribution in [0.3, 0.4) is 0 Å². The minimum Gasteiger partial charge on any atom is -0.508 e. The fourth-order valence-corrected chi connectivity index (χ4v) is 6.73. The van der Waals surface area contributed by atoms with Gasteiger partial charge in [-0.2, -0.15) is 0 Å². The van der Waals surface area contributed by atoms with E-state index in [4.69, 9.17) is 4.42 Å². The third kappa shape index (κ3) is 6.09. The first kappa shape index (κ1) is 31.5. The predicted molar refractivity (Wildman–Crippen MR) is 182 cm³/mol. The molecule has 240 valence electrons. The highest BCUT2D eigenvalue weighted by molar-refractivity contribution is 6.02. The topological polar surface area (TPSA) is 131 Å². The summed E-state index contributed by atoms with van der Waals surface area (Å²) in [5.41, 5.74) is 5.40. The van der Waals surface area contributed by atoms with E-state index in [9.17, 15) is 30.3 Å². The molecule has 0 spiro atoms. The number of furan rings is 1. The number of hydrogen-bond donors (Lipinski definition) is 5. The number of carbonyl (C=O) groups is 1. The minimum absolute atomic E-state index is 0.0569. The second kappa shape index (κ2) is 12.4. The quantitative estimate of drug-likeness (QED) is 0.0895. The molecule has 5 N–H and O–H groups in total. The molecule has 1 aromatic heterocycles. The number of fused-ring (bicyclic) bond motifs is 1. The Morgan fingerprint density at radius 1 is 0.851 bits per heavy atom. The molecule has 0 amide bonds. The summed E-state index contributed by atoms with van der Waals surface area (Å²) >= 11 is 0. The molecule has 0 radical (unpaired) electrons. The van der Waals surface area contributed by atoms with E-state index in [1.165, 1.54) is 30.3 Å². The van der Waals surface area contributed by atoms with Crippen molar-refractivity contribution in [2.45, 2.75) is 52.4 Å². The number of Topliss-reactive ketones (excluding diaryl/α,β-unsaturated/α-hetero) is 1. The zero-order valence-electron chi connectivity index (χ0n) is 26.8. The van der Waals surface area contributed by atoms with E-state index in [0.29, 0.717) is 23.3 Å². The molecule has 1 heterocycles. The number of ketones is 1. The smallest absolute Gasteiger partial charge is 0.171 e. The van der Waals surface area contributed by atoms with Gasteiger partial charge in [0.25, 0.3) is 0 Å². The maximum atomic E-state index is 14.7. The first-order chi connectivity index (χ1) is 22.4. The maximum absolute atomic E-state index is 14.7. The molecule has 1 aliphatic carbocycles. The van der Waals surface area contributed by atoms with Crippen molar-refractivity contribution in [1.82, 2.24) is 0 Å². The summed E-state index contributed by atoms with van der Waals surface area (Å²) in [7, 11) is 0. The van der Waals surface area contributed by atoms with Gasteiger partial charge in [0, 0.05) is 40.0 Å². The van der Waals surface area contributed by atoms with Crippen molar-refractivity contribution < 1.29 is 34.7 Å². The predicted octanol–water partition coefficient (Wildman–Crippen LogP) is 9.16. The SMILES string of the molecule is CC(C)=CCc1c(O)ccc(C(=O)C2C(c3c(O)cc(-c4cc5ccc(O)cc5o4)cc3O)C=C(C)CC2c2ccc(C)cc2)c1O. The van der Waals surface area contributed by atoms with Gasteiger partial charge in [0.15, 0.2) is 5.78 Å². The summed E-state index contributed by atoms with van der Waals surface area (Å²) < 4.78 is 5.92. The number of phenols is 5. The lowest BCUT2D eigenvalue weighted by Gasteiger charge is -2.37. The van der Waals surface area contributed by atoms with Crippen LogP contribution in [0, 0.1) is 12.8 Å². The van der Waals surface area contributed by atoms with E-state index in [-0.39, 0.29) is 63.6 Å². The lowest BCUT2D eigenvalue weighted by molar-refractivity contribution is 0.0877. The summed E-state index contributed by atoms with van der Waals surface area (Å²) in [6.45, 7) is 7.79. The maximum Gasteiger partial charge on any atom is 0.171 e. The average molecular weight is 631 g/mol. The Bertz CT molecular complexity index is 2040. The van der Waals surface area contributed by atoms with E-state index in [0.717, 1.165) is 27.7 Å². The largest absolute Gasteiger partial charge is 0.508 e. The van der Waals surface area contributed by atoms with Gasteiger partial charge in [0.05, 0.1) is 5.56 Å². The average Bonchev–Trinajstić information content (AvgIpc) is 3.44. The summed E-state index contributed by atoms with van der Waals surface area (Å²) in [6, 6.07) is 20.4. The van der Waals surface area contributed by atoms with Crippen LogP contribution in [0.15, 0.2) is 101 Å². The second-order valence-corrected chi connectivity index (χ2v) is 12.9. The monoisotopic (exact) mass is 630 g/mol. The van der Waals surface area contributed by atoms with Crippen LogP contribution in [-0.4, -0.2) is 31.3 Å². The van der Waals surface area contributed by atoms with Gasteiger partial charge in [-0.3, -0.25) is 4.79 Å². The zero-order chi connectivity index (χ0) is 33.6. The van der Waals surface area contributed by atoms with E-state index < -0.39 is 11.8 Å². The van der Waals surface area contributed by atoms with Crippen LogP contribution in [0.5, 0.6) is 28.7 Å². The Morgan fingerprint density at radius 2 is 1.55 bits per heavy atom. The van der Waals surface area contributed by atoms with Gasteiger partial charge in [-0.1, -0.05) is 53.1 Å². The normalized spacial score (nSPS) is 17.8. The Hall–Kier alpha value is -5.43. The van der Waals surface area contributed by atoms with Crippen molar-refractivity contribution in [1.29, 1.82) is 0 Å². The van der Waals surface area contributed by atoms with Crippen LogP contribution >= 0.6 is 0 Å². The molecule has 5 aromatic rings. The fourth-order valence-electron chi connectivity index (χ4n) is 6.73. The molecule has 0 fully saturated rings. The van der Waals surface area contributed by atoms with Gasteiger partial charge in [-0.15, -0.1) is 0 Å². The van der Waals surface area contributed by atoms with Crippen LogP contribution in [0.4, 0.5) is 0 Å². The van der Waals surface area contributed by atoms with Gasteiger partial charge >= 0.3 is 0 Å². The Kier molecular flexibility index (Phi) is 8.32. The molecule has 7 heteroatoms. The summed E-state index contributed by atoms with van der Waals surface area (Å²) in [6.07, 6.45) is 4.59. The summed E-state index contributed by atoms with van der Waals surface area (Å²) in [5.74, 6) is -2.62. The third-order valence-electron chi connectivity index (χ3n) is 9.13. The lowest BCUT2D eigenvalue weighted by atomic mass is 9.65. The fraction of sp³-hybridized carbons (Fsp3) is 0.225. The minimum atomic E-state index is -0.815. The molecule has 0 saturated heterocycles. The Morgan fingerprint density at radius 3 is 2.23 bits per heavy atom. The van der Waals surface area contributed by atoms with Crippen LogP contribution in [-0.2, 0) is 6.42 Å². The van der Waals surface area contributed by atoms with Gasteiger partial charge < -0.3 is 29.9 Å². The number of carbonyl (C=O) groups excluding carboxylic acids is 1. The second-order valence-electron chi connectivity index (χ2n) is 12.9. The van der Waals surface area contributed by atoms with E-state index in [2.05, 4.69) is 0 Å². The van der Waals surface area contributed by atoms with Crippen LogP contribution in [0.1, 0.15) is 71.6 Å². The van der Waals surface area contributed by atoms with Crippen molar-refractivity contribution in [3.05, 3.63) is 124 Å². The van der Waals surface area contributed by atoms with Gasteiger partial charge in [-0.25, -0.2) is 0 Å². The van der Waals surface area contributed by atoms with E-state index in [1.807, 2.05) is 64.1 Å². The molecule has 0 saturated carbocycles. The number of hydrogen-bond acceptors (Lipinski definition) is 7. The zero-order valence-corrected chi connectivity index (χ0v) is 26.8.